The first kappa shape index (κ1) is 17.5. The number of phenolic OH excluding ortho intramolecular Hbond substituents is 1. The number of phenols is 1. The van der Waals surface area contributed by atoms with E-state index < -0.39 is 11.0 Å². The lowest BCUT2D eigenvalue weighted by Gasteiger charge is -2.58. The van der Waals surface area contributed by atoms with Gasteiger partial charge >= 0.3 is 0 Å². The molecule has 2 heterocycles. The number of piperidine rings is 1. The minimum absolute atomic E-state index is 0.0192. The van der Waals surface area contributed by atoms with E-state index in [-0.39, 0.29) is 23.6 Å². The summed E-state index contributed by atoms with van der Waals surface area (Å²) in [5, 5.41) is 22.1. The predicted molar refractivity (Wildman–Crippen MR) is 99.6 cm³/mol. The van der Waals surface area contributed by atoms with Gasteiger partial charge in [-0.05, 0) is 62.5 Å². The summed E-state index contributed by atoms with van der Waals surface area (Å²) < 4.78 is 5.39. The topological polar surface area (TPSA) is 73.2 Å². The summed E-state index contributed by atoms with van der Waals surface area (Å²) in [6.07, 6.45) is 2.76. The molecule has 0 spiro atoms. The molecule has 1 amide bonds. The molecule has 1 aromatic carbocycles. The number of ether oxygens (including phenoxy) is 1. The highest BCUT2D eigenvalue weighted by Gasteiger charge is 2.67. The number of amides is 1. The fourth-order valence-corrected chi connectivity index (χ4v) is 6.32. The number of morpholine rings is 1. The number of rotatable bonds is 1. The number of fused-ring (bicyclic) bond motifs is 1. The van der Waals surface area contributed by atoms with E-state index in [0.717, 1.165) is 24.9 Å². The van der Waals surface area contributed by atoms with Crippen LogP contribution in [0.2, 0.25) is 0 Å². The maximum atomic E-state index is 13.2. The van der Waals surface area contributed by atoms with Crippen molar-refractivity contribution < 1.29 is 19.7 Å². The van der Waals surface area contributed by atoms with E-state index in [0.29, 0.717) is 39.1 Å². The van der Waals surface area contributed by atoms with Crippen molar-refractivity contribution in [2.75, 3.05) is 39.9 Å². The van der Waals surface area contributed by atoms with Crippen LogP contribution in [0.1, 0.15) is 30.4 Å². The molecule has 27 heavy (non-hydrogen) atoms. The second kappa shape index (κ2) is 5.93. The maximum absolute atomic E-state index is 13.2. The van der Waals surface area contributed by atoms with E-state index in [1.165, 1.54) is 5.56 Å². The van der Waals surface area contributed by atoms with E-state index in [1.807, 2.05) is 17.0 Å². The van der Waals surface area contributed by atoms with Crippen LogP contribution in [-0.4, -0.2) is 77.5 Å². The number of likely N-dealkylation sites (tertiary alicyclic amines) is 1. The number of hydrogen-bond donors (Lipinski definition) is 2. The SMILES string of the molecule is CN1CC[C@]23C[C@@H](C(=O)N4CCOCC4)C[C@@]2(O)[C@H]1Cc1ccc(O)cc13. The summed E-state index contributed by atoms with van der Waals surface area (Å²) in [5.41, 5.74) is 0.899. The van der Waals surface area contributed by atoms with Gasteiger partial charge in [-0.25, -0.2) is 0 Å². The fraction of sp³-hybridized carbons (Fsp3) is 0.667. The fourth-order valence-electron chi connectivity index (χ4n) is 6.32. The van der Waals surface area contributed by atoms with Gasteiger partial charge in [0.25, 0.3) is 0 Å². The molecule has 1 aromatic rings. The standard InChI is InChI=1S/C21H28N2O4/c1-22-5-4-20-12-15(19(25)23-6-8-27-9-7-23)13-21(20,26)18(22)10-14-2-3-16(24)11-17(14)20/h2-3,11,15,18,24,26H,4-10,12-13H2,1H3/t15-,18-,20-,21-/m1/s1. The first-order valence-electron chi connectivity index (χ1n) is 10.1. The average molecular weight is 372 g/mol. The highest BCUT2D eigenvalue weighted by Crippen LogP contribution is 2.61. The lowest BCUT2D eigenvalue weighted by atomic mass is 9.56. The molecule has 6 heteroatoms. The molecular formula is C21H28N2O4. The molecule has 0 aromatic heterocycles. The van der Waals surface area contributed by atoms with Crippen LogP contribution in [0.25, 0.3) is 0 Å². The lowest BCUT2D eigenvalue weighted by Crippen LogP contribution is -2.68. The van der Waals surface area contributed by atoms with Gasteiger partial charge in [-0.2, -0.15) is 0 Å². The Morgan fingerprint density at radius 3 is 2.78 bits per heavy atom. The number of benzene rings is 1. The molecule has 2 saturated heterocycles. The molecule has 2 N–H and O–H groups in total. The normalized spacial score (nSPS) is 38.4. The van der Waals surface area contributed by atoms with Gasteiger partial charge in [0.2, 0.25) is 5.91 Å². The minimum Gasteiger partial charge on any atom is -0.508 e. The quantitative estimate of drug-likeness (QED) is 0.766. The van der Waals surface area contributed by atoms with Crippen LogP contribution < -0.4 is 0 Å². The second-order valence-corrected chi connectivity index (χ2v) is 8.84. The third kappa shape index (κ3) is 2.33. The minimum atomic E-state index is -0.923. The summed E-state index contributed by atoms with van der Waals surface area (Å²) in [5.74, 6) is 0.228. The van der Waals surface area contributed by atoms with Gasteiger partial charge in [-0.3, -0.25) is 4.79 Å². The Kier molecular flexibility index (Phi) is 3.84. The summed E-state index contributed by atoms with van der Waals surface area (Å²) >= 11 is 0. The van der Waals surface area contributed by atoms with E-state index in [1.54, 1.807) is 6.07 Å². The van der Waals surface area contributed by atoms with E-state index in [9.17, 15) is 15.0 Å². The number of nitrogens with zero attached hydrogens (tertiary/aromatic N) is 2. The molecule has 3 fully saturated rings. The van der Waals surface area contributed by atoms with Crippen molar-refractivity contribution in [1.29, 1.82) is 0 Å². The molecule has 0 unspecified atom stereocenters. The van der Waals surface area contributed by atoms with Gasteiger partial charge in [0, 0.05) is 30.5 Å². The molecule has 2 bridgehead atoms. The summed E-state index contributed by atoms with van der Waals surface area (Å²) in [4.78, 5) is 17.4. The van der Waals surface area contributed by atoms with Gasteiger partial charge in [0.1, 0.15) is 5.75 Å². The molecule has 4 aliphatic rings. The van der Waals surface area contributed by atoms with Crippen LogP contribution in [-0.2, 0) is 21.4 Å². The predicted octanol–water partition coefficient (Wildman–Crippen LogP) is 0.890. The Morgan fingerprint density at radius 2 is 2.00 bits per heavy atom. The van der Waals surface area contributed by atoms with Gasteiger partial charge in [0.05, 0.1) is 18.8 Å². The van der Waals surface area contributed by atoms with Gasteiger partial charge in [0.15, 0.2) is 0 Å². The smallest absolute Gasteiger partial charge is 0.225 e. The number of carbonyl (C=O) groups is 1. The molecule has 6 nitrogen and oxygen atoms in total. The van der Waals surface area contributed by atoms with Gasteiger partial charge < -0.3 is 24.7 Å². The molecule has 0 radical (unpaired) electrons. The molecule has 146 valence electrons. The third-order valence-electron chi connectivity index (χ3n) is 7.65. The highest BCUT2D eigenvalue weighted by molar-refractivity contribution is 5.80. The zero-order valence-electron chi connectivity index (χ0n) is 15.9. The zero-order chi connectivity index (χ0) is 18.8. The Hall–Kier alpha value is -1.63. The summed E-state index contributed by atoms with van der Waals surface area (Å²) in [6.45, 7) is 3.37. The first-order valence-corrected chi connectivity index (χ1v) is 10.1. The average Bonchev–Trinajstić information content (AvgIpc) is 3.01. The van der Waals surface area contributed by atoms with Crippen molar-refractivity contribution in [2.45, 2.75) is 42.7 Å². The van der Waals surface area contributed by atoms with Crippen molar-refractivity contribution in [3.8, 4) is 5.75 Å². The van der Waals surface area contributed by atoms with Crippen LogP contribution in [0.3, 0.4) is 0 Å². The Balaban J connectivity index is 1.56. The molecular weight excluding hydrogens is 344 g/mol. The van der Waals surface area contributed by atoms with Crippen molar-refractivity contribution in [2.24, 2.45) is 5.92 Å². The Labute approximate surface area is 159 Å². The van der Waals surface area contributed by atoms with Gasteiger partial charge in [-0.15, -0.1) is 0 Å². The molecule has 2 aliphatic carbocycles. The summed E-state index contributed by atoms with van der Waals surface area (Å²) in [6, 6.07) is 5.59. The lowest BCUT2D eigenvalue weighted by molar-refractivity contribution is -0.141. The maximum Gasteiger partial charge on any atom is 0.225 e. The molecule has 1 saturated carbocycles. The van der Waals surface area contributed by atoms with Crippen molar-refractivity contribution >= 4 is 5.91 Å². The van der Waals surface area contributed by atoms with Crippen LogP contribution >= 0.6 is 0 Å². The number of aliphatic hydroxyl groups is 1. The van der Waals surface area contributed by atoms with Crippen molar-refractivity contribution in [3.63, 3.8) is 0 Å². The third-order valence-corrected chi connectivity index (χ3v) is 7.65. The zero-order valence-corrected chi connectivity index (χ0v) is 15.9. The Morgan fingerprint density at radius 1 is 1.22 bits per heavy atom. The van der Waals surface area contributed by atoms with E-state index in [4.69, 9.17) is 4.74 Å². The van der Waals surface area contributed by atoms with E-state index >= 15 is 0 Å². The number of aromatic hydroxyl groups is 1. The number of likely N-dealkylation sites (N-methyl/N-ethyl adjacent to an activating group) is 1. The largest absolute Gasteiger partial charge is 0.508 e. The summed E-state index contributed by atoms with van der Waals surface area (Å²) in [7, 11) is 2.08. The van der Waals surface area contributed by atoms with Crippen LogP contribution in [0.5, 0.6) is 5.75 Å². The number of carbonyl (C=O) groups excluding carboxylic acids is 1. The van der Waals surface area contributed by atoms with Crippen molar-refractivity contribution in [1.82, 2.24) is 9.80 Å². The first-order chi connectivity index (χ1) is 12.9. The monoisotopic (exact) mass is 372 g/mol. The number of hydrogen-bond acceptors (Lipinski definition) is 5. The van der Waals surface area contributed by atoms with E-state index in [2.05, 4.69) is 11.9 Å². The molecule has 2 aliphatic heterocycles. The van der Waals surface area contributed by atoms with Crippen LogP contribution in [0, 0.1) is 5.92 Å². The van der Waals surface area contributed by atoms with Crippen LogP contribution in [0.4, 0.5) is 0 Å². The Bertz CT molecular complexity index is 777. The second-order valence-electron chi connectivity index (χ2n) is 8.84. The molecule has 4 atom stereocenters. The van der Waals surface area contributed by atoms with Crippen LogP contribution in [0.15, 0.2) is 18.2 Å². The van der Waals surface area contributed by atoms with Crippen molar-refractivity contribution in [3.05, 3.63) is 29.3 Å². The highest BCUT2D eigenvalue weighted by atomic mass is 16.5. The molecule has 5 rings (SSSR count). The van der Waals surface area contributed by atoms with Gasteiger partial charge in [-0.1, -0.05) is 6.07 Å².